The number of aryl methyl sites for hydroxylation is 1. The maximum Gasteiger partial charge on any atom is 0.411 e. The van der Waals surface area contributed by atoms with Crippen LogP contribution in [-0.2, 0) is 33.8 Å². The number of carbonyl (C=O) groups excluding carboxylic acids is 2. The molecule has 0 unspecified atom stereocenters. The minimum atomic E-state index is -0.902. The normalized spacial score (nSPS) is 16.1. The average Bonchev–Trinajstić information content (AvgIpc) is 3.08. The number of methoxy groups -OCH3 is 1. The molecule has 1 aliphatic heterocycles. The number of carbonyl (C=O) groups is 2. The SMILES string of the molecule is COC(=O)[C@@H]1Cc2cc(F)c(OCc3ocnc3C)cc2CN1C(=O)OC(C)(C)C. The van der Waals surface area contributed by atoms with Crippen LogP contribution in [-0.4, -0.2) is 40.7 Å². The lowest BCUT2D eigenvalue weighted by Crippen LogP contribution is -2.50. The first kappa shape index (κ1) is 21.6. The molecule has 0 spiro atoms. The van der Waals surface area contributed by atoms with Gasteiger partial charge < -0.3 is 18.6 Å². The van der Waals surface area contributed by atoms with Crippen molar-refractivity contribution in [1.82, 2.24) is 9.88 Å². The van der Waals surface area contributed by atoms with Gasteiger partial charge in [0.15, 0.2) is 23.7 Å². The van der Waals surface area contributed by atoms with E-state index < -0.39 is 29.5 Å². The van der Waals surface area contributed by atoms with Crippen molar-refractivity contribution in [2.24, 2.45) is 0 Å². The van der Waals surface area contributed by atoms with Gasteiger partial charge in [-0.1, -0.05) is 0 Å². The number of oxazole rings is 1. The van der Waals surface area contributed by atoms with E-state index in [0.717, 1.165) is 0 Å². The van der Waals surface area contributed by atoms with Crippen LogP contribution in [0.1, 0.15) is 43.4 Å². The molecule has 0 bridgehead atoms. The monoisotopic (exact) mass is 420 g/mol. The Labute approximate surface area is 173 Å². The molecule has 0 fully saturated rings. The van der Waals surface area contributed by atoms with Crippen molar-refractivity contribution in [3.8, 4) is 5.75 Å². The highest BCUT2D eigenvalue weighted by Gasteiger charge is 2.38. The number of amides is 1. The lowest BCUT2D eigenvalue weighted by molar-refractivity contribution is -0.147. The molecular weight excluding hydrogens is 395 g/mol. The summed E-state index contributed by atoms with van der Waals surface area (Å²) in [6.07, 6.45) is 0.760. The minimum absolute atomic E-state index is 0.0160. The van der Waals surface area contributed by atoms with E-state index in [-0.39, 0.29) is 25.3 Å². The van der Waals surface area contributed by atoms with Crippen LogP contribution in [0.3, 0.4) is 0 Å². The minimum Gasteiger partial charge on any atom is -0.482 e. The topological polar surface area (TPSA) is 91.1 Å². The van der Waals surface area contributed by atoms with Crippen molar-refractivity contribution >= 4 is 12.1 Å². The summed E-state index contributed by atoms with van der Waals surface area (Å²) in [5, 5.41) is 0. The molecule has 0 radical (unpaired) electrons. The number of hydrogen-bond donors (Lipinski definition) is 0. The van der Waals surface area contributed by atoms with Gasteiger partial charge in [0.25, 0.3) is 0 Å². The molecule has 0 saturated heterocycles. The predicted octanol–water partition coefficient (Wildman–Crippen LogP) is 3.54. The summed E-state index contributed by atoms with van der Waals surface area (Å²) in [7, 11) is 1.24. The van der Waals surface area contributed by atoms with Gasteiger partial charge in [-0.25, -0.2) is 19.0 Å². The van der Waals surface area contributed by atoms with E-state index in [1.54, 1.807) is 27.7 Å². The third kappa shape index (κ3) is 4.72. The maximum absolute atomic E-state index is 14.6. The van der Waals surface area contributed by atoms with Crippen LogP contribution < -0.4 is 4.74 Å². The fourth-order valence-electron chi connectivity index (χ4n) is 3.16. The summed E-state index contributed by atoms with van der Waals surface area (Å²) < 4.78 is 35.6. The molecule has 2 heterocycles. The van der Waals surface area contributed by atoms with Crippen molar-refractivity contribution < 1.29 is 32.6 Å². The van der Waals surface area contributed by atoms with E-state index >= 15 is 0 Å². The second-order valence-electron chi connectivity index (χ2n) is 8.05. The van der Waals surface area contributed by atoms with Crippen LogP contribution in [0.4, 0.5) is 9.18 Å². The highest BCUT2D eigenvalue weighted by atomic mass is 19.1. The first-order valence-electron chi connectivity index (χ1n) is 9.49. The van der Waals surface area contributed by atoms with Gasteiger partial charge in [0, 0.05) is 6.42 Å². The van der Waals surface area contributed by atoms with Crippen molar-refractivity contribution in [3.63, 3.8) is 0 Å². The lowest BCUT2D eigenvalue weighted by atomic mass is 9.93. The Kier molecular flexibility index (Phi) is 6.00. The summed E-state index contributed by atoms with van der Waals surface area (Å²) >= 11 is 0. The molecule has 8 nitrogen and oxygen atoms in total. The zero-order valence-electron chi connectivity index (χ0n) is 17.7. The highest BCUT2D eigenvalue weighted by Crippen LogP contribution is 2.31. The summed E-state index contributed by atoms with van der Waals surface area (Å²) in [5.41, 5.74) is 1.19. The number of benzene rings is 1. The Morgan fingerprint density at radius 2 is 2.03 bits per heavy atom. The largest absolute Gasteiger partial charge is 0.482 e. The second kappa shape index (κ2) is 8.33. The Morgan fingerprint density at radius 1 is 1.30 bits per heavy atom. The van der Waals surface area contributed by atoms with Crippen molar-refractivity contribution in [1.29, 1.82) is 0 Å². The average molecular weight is 420 g/mol. The molecular formula is C21H25FN2O6. The molecule has 3 rings (SSSR count). The van der Waals surface area contributed by atoms with Gasteiger partial charge in [0.2, 0.25) is 0 Å². The fraction of sp³-hybridized carbons (Fsp3) is 0.476. The quantitative estimate of drug-likeness (QED) is 0.699. The molecule has 162 valence electrons. The Morgan fingerprint density at radius 3 is 2.63 bits per heavy atom. The molecule has 1 atom stereocenters. The van der Waals surface area contributed by atoms with Gasteiger partial charge in [-0.2, -0.15) is 0 Å². The van der Waals surface area contributed by atoms with E-state index in [2.05, 4.69) is 4.98 Å². The molecule has 2 aromatic rings. The zero-order valence-corrected chi connectivity index (χ0v) is 17.7. The molecule has 1 aliphatic rings. The lowest BCUT2D eigenvalue weighted by Gasteiger charge is -2.36. The van der Waals surface area contributed by atoms with Crippen LogP contribution in [0.25, 0.3) is 0 Å². The van der Waals surface area contributed by atoms with Gasteiger partial charge in [-0.3, -0.25) is 4.90 Å². The molecule has 9 heteroatoms. The van der Waals surface area contributed by atoms with Crippen molar-refractivity contribution in [3.05, 3.63) is 46.9 Å². The summed E-state index contributed by atoms with van der Waals surface area (Å²) in [6, 6.07) is 1.95. The van der Waals surface area contributed by atoms with Crippen LogP contribution in [0, 0.1) is 12.7 Å². The molecule has 30 heavy (non-hydrogen) atoms. The Balaban J connectivity index is 1.86. The van der Waals surface area contributed by atoms with Gasteiger partial charge in [0.1, 0.15) is 18.2 Å². The summed E-state index contributed by atoms with van der Waals surface area (Å²) in [6.45, 7) is 7.05. The van der Waals surface area contributed by atoms with Crippen molar-refractivity contribution in [2.45, 2.75) is 58.9 Å². The number of fused-ring (bicyclic) bond motifs is 1. The highest BCUT2D eigenvalue weighted by molar-refractivity contribution is 5.82. The van der Waals surface area contributed by atoms with Crippen LogP contribution in [0.5, 0.6) is 5.75 Å². The molecule has 0 saturated carbocycles. The van der Waals surface area contributed by atoms with Crippen LogP contribution in [0.2, 0.25) is 0 Å². The smallest absolute Gasteiger partial charge is 0.411 e. The van der Waals surface area contributed by atoms with E-state index in [1.807, 2.05) is 0 Å². The van der Waals surface area contributed by atoms with Crippen LogP contribution >= 0.6 is 0 Å². The summed E-state index contributed by atoms with van der Waals surface area (Å²) in [5.74, 6) is -0.647. The van der Waals surface area contributed by atoms with E-state index in [1.165, 1.54) is 30.5 Å². The molecule has 1 amide bonds. The Bertz CT molecular complexity index is 949. The first-order valence-corrected chi connectivity index (χ1v) is 9.49. The van der Waals surface area contributed by atoms with Crippen LogP contribution in [0.15, 0.2) is 22.9 Å². The number of halogens is 1. The number of esters is 1. The van der Waals surface area contributed by atoms with Crippen molar-refractivity contribution in [2.75, 3.05) is 7.11 Å². The number of aromatic nitrogens is 1. The van der Waals surface area contributed by atoms with Gasteiger partial charge in [0.05, 0.1) is 19.3 Å². The third-order valence-corrected chi connectivity index (χ3v) is 4.69. The maximum atomic E-state index is 14.6. The van der Waals surface area contributed by atoms with E-state index in [4.69, 9.17) is 18.6 Å². The number of hydrogen-bond acceptors (Lipinski definition) is 7. The van der Waals surface area contributed by atoms with Gasteiger partial charge in [-0.05, 0) is 51.0 Å². The standard InChI is InChI=1S/C21H25FN2O6/c1-12-18(29-11-23-12)10-28-17-8-14-9-24(20(26)30-21(2,3)4)16(19(25)27-5)7-13(14)6-15(17)22/h6,8,11,16H,7,9-10H2,1-5H3/t16-/m0/s1. The number of ether oxygens (including phenoxy) is 3. The molecule has 0 aliphatic carbocycles. The second-order valence-corrected chi connectivity index (χ2v) is 8.05. The number of rotatable bonds is 4. The third-order valence-electron chi connectivity index (χ3n) is 4.69. The predicted molar refractivity (Wildman–Crippen MR) is 103 cm³/mol. The first-order chi connectivity index (χ1) is 14.1. The molecule has 1 aromatic heterocycles. The Hall–Kier alpha value is -3.10. The fourth-order valence-corrected chi connectivity index (χ4v) is 3.16. The number of nitrogens with zero attached hydrogens (tertiary/aromatic N) is 2. The van der Waals surface area contributed by atoms with E-state index in [9.17, 15) is 14.0 Å². The van der Waals surface area contributed by atoms with Gasteiger partial charge in [-0.15, -0.1) is 0 Å². The molecule has 1 aromatic carbocycles. The summed E-state index contributed by atoms with van der Waals surface area (Å²) in [4.78, 5) is 30.2. The zero-order chi connectivity index (χ0) is 22.1. The molecule has 0 N–H and O–H groups in total. The van der Waals surface area contributed by atoms with E-state index in [0.29, 0.717) is 22.6 Å². The van der Waals surface area contributed by atoms with Gasteiger partial charge >= 0.3 is 12.1 Å².